The first-order chi connectivity index (χ1) is 15.1. The summed E-state index contributed by atoms with van der Waals surface area (Å²) in [6.45, 7) is 15.1. The fourth-order valence-corrected chi connectivity index (χ4v) is 3.30. The van der Waals surface area contributed by atoms with Crippen molar-refractivity contribution in [2.45, 2.75) is 79.0 Å². The van der Waals surface area contributed by atoms with Gasteiger partial charge in [-0.2, -0.15) is 0 Å². The summed E-state index contributed by atoms with van der Waals surface area (Å²) in [5.41, 5.74) is 9.71. The molecule has 2 rings (SSSR count). The summed E-state index contributed by atoms with van der Waals surface area (Å²) >= 11 is 1.64. The molecule has 0 aliphatic heterocycles. The Hall–Kier alpha value is -2.14. The molecule has 0 fully saturated rings. The minimum absolute atomic E-state index is 0.0449. The van der Waals surface area contributed by atoms with Gasteiger partial charge in [0.1, 0.15) is 0 Å². The molecule has 2 aromatic carbocycles. The Labute approximate surface area is 202 Å². The molecule has 32 heavy (non-hydrogen) atoms. The molecule has 0 bridgehead atoms. The third-order valence-electron chi connectivity index (χ3n) is 4.01. The third-order valence-corrected chi connectivity index (χ3v) is 4.96. The molecule has 0 amide bonds. The van der Waals surface area contributed by atoms with Gasteiger partial charge in [0.15, 0.2) is 0 Å². The SMILES string of the molecule is CCC.CCCCC.CNc1ccc(N(C)Sc2cccc(N)c2)cc1N=CC(C)(C)C. The second kappa shape index (κ2) is 16.5. The van der Waals surface area contributed by atoms with Crippen LogP contribution in [0.3, 0.4) is 0 Å². The van der Waals surface area contributed by atoms with E-state index in [9.17, 15) is 0 Å². The molecule has 4 nitrogen and oxygen atoms in total. The predicted molar refractivity (Wildman–Crippen MR) is 150 cm³/mol. The molecular weight excluding hydrogens is 412 g/mol. The number of hydrogen-bond acceptors (Lipinski definition) is 5. The molecule has 0 aromatic heterocycles. The first kappa shape index (κ1) is 29.9. The van der Waals surface area contributed by atoms with Crippen LogP contribution >= 0.6 is 11.9 Å². The van der Waals surface area contributed by atoms with Crippen LogP contribution in [0.25, 0.3) is 0 Å². The van der Waals surface area contributed by atoms with Crippen LogP contribution in [0, 0.1) is 5.41 Å². The first-order valence-corrected chi connectivity index (χ1v) is 12.5. The van der Waals surface area contributed by atoms with Crippen LogP contribution in [-0.2, 0) is 0 Å². The zero-order valence-corrected chi connectivity index (χ0v) is 22.6. The van der Waals surface area contributed by atoms with E-state index < -0.39 is 0 Å². The van der Waals surface area contributed by atoms with Crippen LogP contribution in [-0.4, -0.2) is 20.3 Å². The molecule has 0 heterocycles. The van der Waals surface area contributed by atoms with Crippen molar-refractivity contribution in [3.63, 3.8) is 0 Å². The Morgan fingerprint density at radius 2 is 1.66 bits per heavy atom. The van der Waals surface area contributed by atoms with E-state index in [0.29, 0.717) is 0 Å². The van der Waals surface area contributed by atoms with Crippen LogP contribution in [0.2, 0.25) is 0 Å². The van der Waals surface area contributed by atoms with Crippen molar-refractivity contribution >= 4 is 40.9 Å². The number of unbranched alkanes of at least 4 members (excludes halogenated alkanes) is 2. The molecule has 0 saturated carbocycles. The van der Waals surface area contributed by atoms with E-state index in [4.69, 9.17) is 5.73 Å². The highest BCUT2D eigenvalue weighted by Crippen LogP contribution is 2.34. The van der Waals surface area contributed by atoms with Crippen LogP contribution in [0.5, 0.6) is 0 Å². The number of nitrogen functional groups attached to an aromatic ring is 1. The van der Waals surface area contributed by atoms with Crippen LogP contribution in [0.1, 0.15) is 74.1 Å². The van der Waals surface area contributed by atoms with Gasteiger partial charge in [0.05, 0.1) is 11.4 Å². The minimum Gasteiger partial charge on any atom is -0.399 e. The van der Waals surface area contributed by atoms with Crippen molar-refractivity contribution < 1.29 is 0 Å². The summed E-state index contributed by atoms with van der Waals surface area (Å²) in [5, 5.41) is 3.20. The lowest BCUT2D eigenvalue weighted by molar-refractivity contribution is 0.607. The van der Waals surface area contributed by atoms with Gasteiger partial charge in [0, 0.05) is 36.6 Å². The van der Waals surface area contributed by atoms with E-state index in [-0.39, 0.29) is 5.41 Å². The number of nitrogens with one attached hydrogen (secondary N) is 1. The number of hydrogen-bond donors (Lipinski definition) is 2. The Bertz CT molecular complexity index is 779. The highest BCUT2D eigenvalue weighted by molar-refractivity contribution is 8.00. The highest BCUT2D eigenvalue weighted by atomic mass is 32.2. The second-order valence-corrected chi connectivity index (χ2v) is 10.00. The molecule has 2 aromatic rings. The number of benzene rings is 2. The average Bonchev–Trinajstić information content (AvgIpc) is 2.73. The van der Waals surface area contributed by atoms with Gasteiger partial charge in [-0.05, 0) is 53.8 Å². The second-order valence-electron chi connectivity index (χ2n) is 8.80. The van der Waals surface area contributed by atoms with E-state index in [0.717, 1.165) is 27.6 Å². The number of rotatable bonds is 7. The van der Waals surface area contributed by atoms with Crippen LogP contribution in [0.15, 0.2) is 52.4 Å². The predicted octanol–water partition coefficient (Wildman–Crippen LogP) is 8.82. The topological polar surface area (TPSA) is 53.6 Å². The van der Waals surface area contributed by atoms with E-state index >= 15 is 0 Å². The smallest absolute Gasteiger partial charge is 0.0878 e. The maximum Gasteiger partial charge on any atom is 0.0878 e. The van der Waals surface area contributed by atoms with Crippen molar-refractivity contribution in [1.29, 1.82) is 0 Å². The van der Waals surface area contributed by atoms with Gasteiger partial charge in [-0.1, -0.05) is 80.2 Å². The van der Waals surface area contributed by atoms with Crippen molar-refractivity contribution in [2.75, 3.05) is 29.5 Å². The summed E-state index contributed by atoms with van der Waals surface area (Å²) < 4.78 is 2.12. The number of nitrogens with zero attached hydrogens (tertiary/aromatic N) is 2. The number of anilines is 3. The van der Waals surface area contributed by atoms with Crippen LogP contribution in [0.4, 0.5) is 22.7 Å². The Balaban J connectivity index is 0.00000104. The van der Waals surface area contributed by atoms with Gasteiger partial charge in [0.25, 0.3) is 0 Å². The summed E-state index contributed by atoms with van der Waals surface area (Å²) in [6.07, 6.45) is 7.31. The highest BCUT2D eigenvalue weighted by Gasteiger charge is 2.10. The van der Waals surface area contributed by atoms with Gasteiger partial charge in [-0.15, -0.1) is 0 Å². The molecule has 3 N–H and O–H groups in total. The monoisotopic (exact) mass is 458 g/mol. The van der Waals surface area contributed by atoms with E-state index in [2.05, 4.69) is 87.3 Å². The maximum absolute atomic E-state index is 5.86. The molecule has 0 spiro atoms. The Morgan fingerprint density at radius 1 is 1.03 bits per heavy atom. The molecule has 0 radical (unpaired) electrons. The molecular formula is C27H46N4S. The Morgan fingerprint density at radius 3 is 2.12 bits per heavy atom. The summed E-state index contributed by atoms with van der Waals surface area (Å²) in [7, 11) is 3.95. The van der Waals surface area contributed by atoms with Crippen molar-refractivity contribution in [2.24, 2.45) is 10.4 Å². The third kappa shape index (κ3) is 13.3. The van der Waals surface area contributed by atoms with E-state index in [1.165, 1.54) is 25.7 Å². The van der Waals surface area contributed by atoms with Gasteiger partial charge in [0.2, 0.25) is 0 Å². The molecule has 0 saturated heterocycles. The fraction of sp³-hybridized carbons (Fsp3) is 0.519. The fourth-order valence-electron chi connectivity index (χ4n) is 2.43. The lowest BCUT2D eigenvalue weighted by Crippen LogP contribution is -2.07. The minimum atomic E-state index is 0.0449. The zero-order valence-electron chi connectivity index (χ0n) is 21.8. The number of aliphatic imine (C=N–C) groups is 1. The van der Waals surface area contributed by atoms with Gasteiger partial charge in [-0.3, -0.25) is 4.99 Å². The molecule has 0 unspecified atom stereocenters. The normalized spacial score (nSPS) is 10.7. The number of nitrogens with two attached hydrogens (primary N) is 1. The molecule has 0 atom stereocenters. The largest absolute Gasteiger partial charge is 0.399 e. The Kier molecular flexibility index (Phi) is 15.4. The van der Waals surface area contributed by atoms with E-state index in [1.54, 1.807) is 11.9 Å². The summed E-state index contributed by atoms with van der Waals surface area (Å²) in [4.78, 5) is 5.78. The maximum atomic E-state index is 5.86. The molecule has 180 valence electrons. The standard InChI is InChI=1S/C19H26N4S.C5H12.C3H8/c1-19(2,3)13-22-18-12-15(9-10-17(18)21-4)23(5)24-16-8-6-7-14(20)11-16;1-3-5-4-2;1-3-2/h6-13,21H,20H2,1-5H3;3-5H2,1-2H3;3H2,1-2H3. The average molecular weight is 459 g/mol. The molecule has 0 aliphatic carbocycles. The quantitative estimate of drug-likeness (QED) is 0.247. The van der Waals surface area contributed by atoms with E-state index in [1.807, 2.05) is 38.5 Å². The van der Waals surface area contributed by atoms with Gasteiger partial charge >= 0.3 is 0 Å². The lowest BCUT2D eigenvalue weighted by atomic mass is 9.99. The van der Waals surface area contributed by atoms with Crippen molar-refractivity contribution in [3.8, 4) is 0 Å². The molecule has 5 heteroatoms. The lowest BCUT2D eigenvalue weighted by Gasteiger charge is -2.19. The summed E-state index contributed by atoms with van der Waals surface area (Å²) in [5.74, 6) is 0. The molecule has 0 aliphatic rings. The van der Waals surface area contributed by atoms with Crippen molar-refractivity contribution in [3.05, 3.63) is 42.5 Å². The first-order valence-electron chi connectivity index (χ1n) is 11.8. The van der Waals surface area contributed by atoms with Gasteiger partial charge in [-0.25, -0.2) is 0 Å². The van der Waals surface area contributed by atoms with Crippen LogP contribution < -0.4 is 15.4 Å². The zero-order chi connectivity index (χ0) is 24.6. The van der Waals surface area contributed by atoms with Gasteiger partial charge < -0.3 is 15.4 Å². The van der Waals surface area contributed by atoms with Crippen molar-refractivity contribution in [1.82, 2.24) is 0 Å². The summed E-state index contributed by atoms with van der Waals surface area (Å²) in [6, 6.07) is 14.1.